The lowest BCUT2D eigenvalue weighted by molar-refractivity contribution is 0.856. The zero-order valence-electron chi connectivity index (χ0n) is 9.51. The number of rotatable bonds is 1. The number of aromatic nitrogens is 4. The first-order valence-corrected chi connectivity index (χ1v) is 6.00. The maximum atomic E-state index is 5.75. The Hall–Kier alpha value is -1.95. The molecule has 3 heterocycles. The van der Waals surface area contributed by atoms with Gasteiger partial charge >= 0.3 is 0 Å². The summed E-state index contributed by atoms with van der Waals surface area (Å²) < 4.78 is 1.71. The highest BCUT2D eigenvalue weighted by atomic mass is 32.1. The third-order valence-corrected chi connectivity index (χ3v) is 3.54. The lowest BCUT2D eigenvalue weighted by Crippen LogP contribution is -1.99. The number of nitrogen functional groups attached to an aromatic ring is 1. The van der Waals surface area contributed by atoms with Gasteiger partial charge in [-0.1, -0.05) is 0 Å². The zero-order chi connectivity index (χ0) is 12.0. The molecule has 0 spiro atoms. The van der Waals surface area contributed by atoms with E-state index in [9.17, 15) is 0 Å². The summed E-state index contributed by atoms with van der Waals surface area (Å²) in [6.45, 7) is 3.98. The number of nitrogens with two attached hydrogens (primary N) is 1. The molecule has 0 amide bonds. The molecular formula is C11H11N5S. The lowest BCUT2D eigenvalue weighted by atomic mass is 10.3. The minimum atomic E-state index is 0.531. The summed E-state index contributed by atoms with van der Waals surface area (Å²) in [5, 5.41) is 5.26. The molecule has 0 saturated heterocycles. The van der Waals surface area contributed by atoms with Crippen LogP contribution in [-0.4, -0.2) is 19.7 Å². The van der Waals surface area contributed by atoms with Crippen molar-refractivity contribution in [3.63, 3.8) is 0 Å². The summed E-state index contributed by atoms with van der Waals surface area (Å²) in [5.74, 6) is 1.31. The molecule has 0 bridgehead atoms. The van der Waals surface area contributed by atoms with Crippen molar-refractivity contribution in [2.45, 2.75) is 13.8 Å². The summed E-state index contributed by atoms with van der Waals surface area (Å²) in [6, 6.07) is 2.07. The Morgan fingerprint density at radius 3 is 2.82 bits per heavy atom. The summed E-state index contributed by atoms with van der Waals surface area (Å²) in [5.41, 5.74) is 6.70. The molecule has 0 saturated carbocycles. The Bertz CT molecular complexity index is 678. The number of anilines is 1. The SMILES string of the molecule is Cc1cc2c(-n3cc(C)c(N)n3)ncnc2s1. The number of hydrogen-bond donors (Lipinski definition) is 1. The quantitative estimate of drug-likeness (QED) is 0.712. The summed E-state index contributed by atoms with van der Waals surface area (Å²) >= 11 is 1.65. The van der Waals surface area contributed by atoms with Crippen molar-refractivity contribution in [1.29, 1.82) is 0 Å². The van der Waals surface area contributed by atoms with Gasteiger partial charge in [-0.15, -0.1) is 16.4 Å². The third-order valence-electron chi connectivity index (χ3n) is 2.58. The minimum absolute atomic E-state index is 0.531. The van der Waals surface area contributed by atoms with Crippen LogP contribution in [0.2, 0.25) is 0 Å². The Morgan fingerprint density at radius 2 is 2.12 bits per heavy atom. The van der Waals surface area contributed by atoms with Crippen molar-refractivity contribution in [2.24, 2.45) is 0 Å². The normalized spacial score (nSPS) is 11.2. The van der Waals surface area contributed by atoms with E-state index in [0.29, 0.717) is 5.82 Å². The molecule has 17 heavy (non-hydrogen) atoms. The van der Waals surface area contributed by atoms with E-state index < -0.39 is 0 Å². The van der Waals surface area contributed by atoms with Crippen molar-refractivity contribution in [1.82, 2.24) is 19.7 Å². The molecule has 5 nitrogen and oxygen atoms in total. The van der Waals surface area contributed by atoms with Crippen molar-refractivity contribution in [3.8, 4) is 5.82 Å². The Kier molecular flexibility index (Phi) is 2.12. The predicted octanol–water partition coefficient (Wildman–Crippen LogP) is 2.08. The largest absolute Gasteiger partial charge is 0.382 e. The molecule has 0 unspecified atom stereocenters. The van der Waals surface area contributed by atoms with Gasteiger partial charge in [-0.3, -0.25) is 0 Å². The van der Waals surface area contributed by atoms with E-state index in [1.807, 2.05) is 13.1 Å². The average molecular weight is 245 g/mol. The molecule has 0 radical (unpaired) electrons. The van der Waals surface area contributed by atoms with Gasteiger partial charge in [0.2, 0.25) is 0 Å². The number of fused-ring (bicyclic) bond motifs is 1. The first-order chi connectivity index (χ1) is 8.15. The zero-order valence-corrected chi connectivity index (χ0v) is 10.3. The molecule has 2 N–H and O–H groups in total. The number of nitrogens with zero attached hydrogens (tertiary/aromatic N) is 4. The minimum Gasteiger partial charge on any atom is -0.382 e. The topological polar surface area (TPSA) is 69.6 Å². The van der Waals surface area contributed by atoms with Gasteiger partial charge < -0.3 is 5.73 Å². The van der Waals surface area contributed by atoms with E-state index in [-0.39, 0.29) is 0 Å². The van der Waals surface area contributed by atoms with E-state index in [0.717, 1.165) is 21.6 Å². The average Bonchev–Trinajstić information content (AvgIpc) is 2.81. The molecule has 0 aromatic carbocycles. The predicted molar refractivity (Wildman–Crippen MR) is 68.4 cm³/mol. The molecule has 3 aromatic heterocycles. The van der Waals surface area contributed by atoms with Gasteiger partial charge in [-0.25, -0.2) is 14.6 Å². The fourth-order valence-corrected chi connectivity index (χ4v) is 2.57. The third kappa shape index (κ3) is 1.57. The fraction of sp³-hybridized carbons (Fsp3) is 0.182. The number of hydrogen-bond acceptors (Lipinski definition) is 5. The molecule has 86 valence electrons. The summed E-state index contributed by atoms with van der Waals surface area (Å²) in [4.78, 5) is 10.7. The maximum absolute atomic E-state index is 5.75. The van der Waals surface area contributed by atoms with Crippen LogP contribution in [0.1, 0.15) is 10.4 Å². The highest BCUT2D eigenvalue weighted by Gasteiger charge is 2.10. The molecule has 0 aliphatic heterocycles. The molecule has 0 aliphatic carbocycles. The second-order valence-electron chi connectivity index (χ2n) is 3.92. The van der Waals surface area contributed by atoms with E-state index >= 15 is 0 Å². The highest BCUT2D eigenvalue weighted by Crippen LogP contribution is 2.26. The van der Waals surface area contributed by atoms with Crippen LogP contribution in [0.5, 0.6) is 0 Å². The molecule has 0 aliphatic rings. The Labute approximate surface area is 102 Å². The first kappa shape index (κ1) is 10.2. The fourth-order valence-electron chi connectivity index (χ4n) is 1.73. The van der Waals surface area contributed by atoms with E-state index in [1.54, 1.807) is 22.3 Å². The van der Waals surface area contributed by atoms with E-state index in [2.05, 4.69) is 28.1 Å². The molecular weight excluding hydrogens is 234 g/mol. The van der Waals surface area contributed by atoms with Crippen LogP contribution in [0.15, 0.2) is 18.6 Å². The molecule has 0 atom stereocenters. The maximum Gasteiger partial charge on any atom is 0.165 e. The molecule has 3 aromatic rings. The summed E-state index contributed by atoms with van der Waals surface area (Å²) in [6.07, 6.45) is 3.44. The van der Waals surface area contributed by atoms with Crippen molar-refractivity contribution >= 4 is 27.4 Å². The van der Waals surface area contributed by atoms with Gasteiger partial charge in [-0.2, -0.15) is 0 Å². The summed E-state index contributed by atoms with van der Waals surface area (Å²) in [7, 11) is 0. The van der Waals surface area contributed by atoms with Crippen LogP contribution in [0.3, 0.4) is 0 Å². The van der Waals surface area contributed by atoms with Crippen LogP contribution in [-0.2, 0) is 0 Å². The van der Waals surface area contributed by atoms with Crippen LogP contribution in [0, 0.1) is 13.8 Å². The van der Waals surface area contributed by atoms with Gasteiger partial charge in [0.25, 0.3) is 0 Å². The second-order valence-corrected chi connectivity index (χ2v) is 5.15. The van der Waals surface area contributed by atoms with Gasteiger partial charge in [0, 0.05) is 16.6 Å². The van der Waals surface area contributed by atoms with Crippen molar-refractivity contribution in [3.05, 3.63) is 29.0 Å². The number of aryl methyl sites for hydroxylation is 2. The lowest BCUT2D eigenvalue weighted by Gasteiger charge is -2.00. The first-order valence-electron chi connectivity index (χ1n) is 5.18. The molecule has 0 fully saturated rings. The Morgan fingerprint density at radius 1 is 1.29 bits per heavy atom. The van der Waals surface area contributed by atoms with Gasteiger partial charge in [0.15, 0.2) is 5.82 Å². The van der Waals surface area contributed by atoms with E-state index in [1.165, 1.54) is 4.88 Å². The van der Waals surface area contributed by atoms with Crippen LogP contribution in [0.4, 0.5) is 5.82 Å². The standard InChI is InChI=1S/C11H11N5S/c1-6-4-16(15-9(6)12)10-8-3-7(2)17-11(8)14-5-13-10/h3-5H,1-2H3,(H2,12,15). The molecule has 3 rings (SSSR count). The smallest absolute Gasteiger partial charge is 0.165 e. The highest BCUT2D eigenvalue weighted by molar-refractivity contribution is 7.18. The monoisotopic (exact) mass is 245 g/mol. The van der Waals surface area contributed by atoms with Crippen molar-refractivity contribution in [2.75, 3.05) is 5.73 Å². The molecule has 6 heteroatoms. The van der Waals surface area contributed by atoms with E-state index in [4.69, 9.17) is 5.73 Å². The Balaban J connectivity index is 2.29. The van der Waals surface area contributed by atoms with Gasteiger partial charge in [0.1, 0.15) is 17.0 Å². The van der Waals surface area contributed by atoms with Gasteiger partial charge in [0.05, 0.1) is 5.39 Å². The van der Waals surface area contributed by atoms with Crippen molar-refractivity contribution < 1.29 is 0 Å². The second kappa shape index (κ2) is 3.53. The van der Waals surface area contributed by atoms with Gasteiger partial charge in [-0.05, 0) is 19.9 Å². The van der Waals surface area contributed by atoms with Crippen LogP contribution in [0.25, 0.3) is 16.0 Å². The van der Waals surface area contributed by atoms with Crippen LogP contribution < -0.4 is 5.73 Å². The van der Waals surface area contributed by atoms with Crippen LogP contribution >= 0.6 is 11.3 Å². The number of thiophene rings is 1.